The molecular weight excluding hydrogens is 202 g/mol. The largest absolute Gasteiger partial charge is 0.500 e. The Balaban J connectivity index is 2.49. The van der Waals surface area contributed by atoms with Crippen molar-refractivity contribution in [1.29, 1.82) is 0 Å². The fraction of sp³-hybridized carbons (Fsp3) is 0.111. The minimum absolute atomic E-state index is 0.0231. The Kier molecular flexibility index (Phi) is 2.50. The van der Waals surface area contributed by atoms with E-state index in [0.717, 1.165) is 11.3 Å². The molecule has 1 aromatic rings. The molecule has 1 aliphatic heterocycles. The van der Waals surface area contributed by atoms with Crippen LogP contribution in [0.15, 0.2) is 29.2 Å². The third-order valence-corrected chi connectivity index (χ3v) is 2.52. The lowest BCUT2D eigenvalue weighted by Gasteiger charge is -2.01. The van der Waals surface area contributed by atoms with Gasteiger partial charge >= 0.3 is 7.12 Å². The summed E-state index contributed by atoms with van der Waals surface area (Å²) in [4.78, 5) is 0.0231. The van der Waals surface area contributed by atoms with Crippen LogP contribution in [0.2, 0.25) is 0 Å². The molecule has 3 nitrogen and oxygen atoms in total. The van der Waals surface area contributed by atoms with E-state index in [4.69, 9.17) is 26.4 Å². The number of hydrogen-bond acceptors (Lipinski definition) is 3. The van der Waals surface area contributed by atoms with Gasteiger partial charge in [0.25, 0.3) is 0 Å². The first-order valence-corrected chi connectivity index (χ1v) is 4.55. The summed E-state index contributed by atoms with van der Waals surface area (Å²) < 4.78 is 5.32. The molecule has 0 saturated carbocycles. The molecule has 1 aromatic carbocycles. The molecule has 0 aromatic heterocycles. The topological polar surface area (TPSA) is 49.7 Å². The highest BCUT2D eigenvalue weighted by Crippen LogP contribution is 2.35. The zero-order valence-corrected chi connectivity index (χ0v) is 8.03. The lowest BCUT2D eigenvalue weighted by atomic mass is 9.86. The van der Waals surface area contributed by atoms with Crippen LogP contribution in [0.5, 0.6) is 5.75 Å². The van der Waals surface area contributed by atoms with Crippen LogP contribution in [-0.4, -0.2) is 23.8 Å². The number of ether oxygens (including phenoxy) is 1. The van der Waals surface area contributed by atoms with E-state index in [1.165, 1.54) is 0 Å². The van der Waals surface area contributed by atoms with Crippen molar-refractivity contribution in [2.75, 3.05) is 6.61 Å². The Morgan fingerprint density at radius 1 is 1.36 bits per heavy atom. The molecule has 2 rings (SSSR count). The van der Waals surface area contributed by atoms with Gasteiger partial charge in [-0.15, -0.1) is 0 Å². The average Bonchev–Trinajstić information content (AvgIpc) is 2.60. The van der Waals surface area contributed by atoms with Crippen molar-refractivity contribution in [2.45, 2.75) is 0 Å². The highest BCUT2D eigenvalue weighted by Gasteiger charge is 2.25. The van der Waals surface area contributed by atoms with Crippen LogP contribution in [0.3, 0.4) is 0 Å². The average molecular weight is 210 g/mol. The number of halogens is 1. The second kappa shape index (κ2) is 3.65. The van der Waals surface area contributed by atoms with Crippen molar-refractivity contribution in [3.8, 4) is 5.75 Å². The van der Waals surface area contributed by atoms with E-state index < -0.39 is 7.12 Å². The van der Waals surface area contributed by atoms with E-state index in [2.05, 4.69) is 0 Å². The highest BCUT2D eigenvalue weighted by atomic mass is 35.5. The van der Waals surface area contributed by atoms with Crippen LogP contribution in [0.25, 0.3) is 5.57 Å². The maximum atomic E-state index is 8.92. The molecule has 0 amide bonds. The summed E-state index contributed by atoms with van der Waals surface area (Å²) in [6.45, 7) is 0.287. The minimum Gasteiger partial charge on any atom is -0.488 e. The molecule has 0 unspecified atom stereocenters. The zero-order valence-electron chi connectivity index (χ0n) is 7.27. The molecule has 5 heteroatoms. The van der Waals surface area contributed by atoms with Crippen molar-refractivity contribution in [3.63, 3.8) is 0 Å². The van der Waals surface area contributed by atoms with E-state index in [-0.39, 0.29) is 11.5 Å². The predicted octanol–water partition coefficient (Wildman–Crippen LogP) is 1.04. The Morgan fingerprint density at radius 2 is 2.07 bits per heavy atom. The fourth-order valence-corrected chi connectivity index (χ4v) is 1.58. The first-order chi connectivity index (χ1) is 6.70. The smallest absolute Gasteiger partial charge is 0.488 e. The molecule has 1 aliphatic rings. The van der Waals surface area contributed by atoms with E-state index in [9.17, 15) is 0 Å². The third kappa shape index (κ3) is 1.52. The predicted molar refractivity (Wildman–Crippen MR) is 54.9 cm³/mol. The molecule has 0 aliphatic carbocycles. The second-order valence-corrected chi connectivity index (χ2v) is 3.39. The van der Waals surface area contributed by atoms with E-state index in [1.807, 2.05) is 24.3 Å². The lowest BCUT2D eigenvalue weighted by molar-refractivity contribution is 0.387. The van der Waals surface area contributed by atoms with Gasteiger partial charge in [-0.2, -0.15) is 0 Å². The van der Waals surface area contributed by atoms with Crippen LogP contribution in [-0.2, 0) is 0 Å². The van der Waals surface area contributed by atoms with Crippen molar-refractivity contribution < 1.29 is 14.8 Å². The molecule has 0 fully saturated rings. The van der Waals surface area contributed by atoms with Crippen molar-refractivity contribution >= 4 is 24.3 Å². The molecule has 0 spiro atoms. The van der Waals surface area contributed by atoms with Gasteiger partial charge in [0.2, 0.25) is 0 Å². The van der Waals surface area contributed by atoms with E-state index in [1.54, 1.807) is 0 Å². The van der Waals surface area contributed by atoms with Crippen LogP contribution in [0, 0.1) is 0 Å². The number of fused-ring (bicyclic) bond motifs is 1. The molecule has 1 heterocycles. The van der Waals surface area contributed by atoms with Gasteiger partial charge < -0.3 is 14.8 Å². The van der Waals surface area contributed by atoms with Gasteiger partial charge in [-0.25, -0.2) is 0 Å². The molecule has 14 heavy (non-hydrogen) atoms. The van der Waals surface area contributed by atoms with Crippen LogP contribution < -0.4 is 4.74 Å². The van der Waals surface area contributed by atoms with Crippen LogP contribution in [0.4, 0.5) is 0 Å². The molecule has 0 bridgehead atoms. The van der Waals surface area contributed by atoms with Gasteiger partial charge in [-0.1, -0.05) is 29.8 Å². The fourth-order valence-electron chi connectivity index (χ4n) is 1.42. The van der Waals surface area contributed by atoms with Gasteiger partial charge in [-0.3, -0.25) is 0 Å². The molecule has 0 atom stereocenters. The van der Waals surface area contributed by atoms with Crippen molar-refractivity contribution in [1.82, 2.24) is 0 Å². The lowest BCUT2D eigenvalue weighted by Crippen LogP contribution is -2.13. The molecule has 72 valence electrons. The second-order valence-electron chi connectivity index (χ2n) is 2.98. The summed E-state index contributed by atoms with van der Waals surface area (Å²) in [6.07, 6.45) is 0. The molecule has 0 radical (unpaired) electrons. The molecular formula is C9H8BClO3. The first-order valence-electron chi connectivity index (χ1n) is 4.17. The quantitative estimate of drug-likeness (QED) is 0.681. The summed E-state index contributed by atoms with van der Waals surface area (Å²) >= 11 is 5.75. The van der Waals surface area contributed by atoms with Crippen LogP contribution in [0.1, 0.15) is 5.56 Å². The van der Waals surface area contributed by atoms with E-state index >= 15 is 0 Å². The number of benzene rings is 1. The maximum Gasteiger partial charge on any atom is 0.500 e. The Morgan fingerprint density at radius 3 is 2.79 bits per heavy atom. The minimum atomic E-state index is -1.64. The normalized spacial score (nSPS) is 17.4. The Hall–Kier alpha value is -0.965. The Bertz CT molecular complexity index is 389. The summed E-state index contributed by atoms with van der Waals surface area (Å²) in [5, 5.41) is 17.8. The molecule has 0 saturated heterocycles. The van der Waals surface area contributed by atoms with E-state index in [0.29, 0.717) is 5.57 Å². The standard InChI is InChI=1S/C9H8BClO3/c11-9(10(12)13)7-5-14-8-4-2-1-3-6(7)8/h1-4,12-13H,5H2/b9-7+. The maximum absolute atomic E-state index is 8.92. The number of para-hydroxylation sites is 1. The highest BCUT2D eigenvalue weighted by molar-refractivity contribution is 6.69. The third-order valence-electron chi connectivity index (χ3n) is 2.10. The summed E-state index contributed by atoms with van der Waals surface area (Å²) in [5.41, 5.74) is 1.46. The van der Waals surface area contributed by atoms with Crippen molar-refractivity contribution in [2.24, 2.45) is 0 Å². The Labute approximate surface area is 86.7 Å². The number of rotatable bonds is 1. The first kappa shape index (κ1) is 9.58. The van der Waals surface area contributed by atoms with Gasteiger partial charge in [0, 0.05) is 11.1 Å². The zero-order chi connectivity index (χ0) is 10.1. The summed E-state index contributed by atoms with van der Waals surface area (Å²) in [7, 11) is -1.64. The van der Waals surface area contributed by atoms with Crippen LogP contribution >= 0.6 is 11.6 Å². The van der Waals surface area contributed by atoms with Gasteiger partial charge in [0.05, 0.1) is 4.93 Å². The monoisotopic (exact) mass is 210 g/mol. The summed E-state index contributed by atoms with van der Waals surface area (Å²) in [5.74, 6) is 0.723. The summed E-state index contributed by atoms with van der Waals surface area (Å²) in [6, 6.07) is 7.35. The van der Waals surface area contributed by atoms with Gasteiger partial charge in [-0.05, 0) is 6.07 Å². The SMILES string of the molecule is OB(O)/C(Cl)=C1/COc2ccccc21. The molecule has 2 N–H and O–H groups in total. The van der Waals surface area contributed by atoms with Crippen molar-refractivity contribution in [3.05, 3.63) is 34.8 Å². The number of hydrogen-bond donors (Lipinski definition) is 2. The van der Waals surface area contributed by atoms with Gasteiger partial charge in [0.1, 0.15) is 12.4 Å². The van der Waals surface area contributed by atoms with Gasteiger partial charge in [0.15, 0.2) is 0 Å².